The van der Waals surface area contributed by atoms with Gasteiger partial charge >= 0.3 is 0 Å². The van der Waals surface area contributed by atoms with Crippen LogP contribution in [0.3, 0.4) is 0 Å². The lowest BCUT2D eigenvalue weighted by atomic mass is 10.0. The second-order valence-corrected chi connectivity index (χ2v) is 4.65. The Morgan fingerprint density at radius 2 is 2.12 bits per heavy atom. The molecule has 0 heterocycles. The number of nitrogens with one attached hydrogen (secondary N) is 1. The first-order chi connectivity index (χ1) is 7.86. The standard InChI is InChI=1S/C13H20N2O2/c1-9-7-10(5-6-11(9)17-4)8-15-13(2,3)12(14)16/h5-7,15H,8H2,1-4H3,(H2,14,16). The third kappa shape index (κ3) is 3.46. The molecule has 0 spiro atoms. The summed E-state index contributed by atoms with van der Waals surface area (Å²) in [5.74, 6) is 0.505. The lowest BCUT2D eigenvalue weighted by molar-refractivity contribution is -0.123. The van der Waals surface area contributed by atoms with Gasteiger partial charge in [-0.1, -0.05) is 12.1 Å². The van der Waals surface area contributed by atoms with Crippen LogP contribution < -0.4 is 15.8 Å². The van der Waals surface area contributed by atoms with Gasteiger partial charge in [-0.05, 0) is 38.0 Å². The summed E-state index contributed by atoms with van der Waals surface area (Å²) in [5, 5.41) is 3.12. The monoisotopic (exact) mass is 236 g/mol. The molecule has 0 saturated heterocycles. The fourth-order valence-electron chi connectivity index (χ4n) is 1.46. The van der Waals surface area contributed by atoms with Gasteiger partial charge in [-0.15, -0.1) is 0 Å². The van der Waals surface area contributed by atoms with Gasteiger partial charge in [-0.2, -0.15) is 0 Å². The molecule has 0 fully saturated rings. The van der Waals surface area contributed by atoms with E-state index < -0.39 is 5.54 Å². The van der Waals surface area contributed by atoms with Crippen LogP contribution in [-0.4, -0.2) is 18.6 Å². The summed E-state index contributed by atoms with van der Waals surface area (Å²) in [6.07, 6.45) is 0. The van der Waals surface area contributed by atoms with Crippen molar-refractivity contribution in [1.82, 2.24) is 5.32 Å². The van der Waals surface area contributed by atoms with Crippen LogP contribution in [0.2, 0.25) is 0 Å². The second-order valence-electron chi connectivity index (χ2n) is 4.65. The van der Waals surface area contributed by atoms with Crippen LogP contribution in [0.25, 0.3) is 0 Å². The first-order valence-electron chi connectivity index (χ1n) is 5.55. The molecule has 0 bridgehead atoms. The second kappa shape index (κ2) is 5.19. The molecule has 94 valence electrons. The third-order valence-corrected chi connectivity index (χ3v) is 2.81. The Labute approximate surface area is 102 Å². The number of ether oxygens (including phenoxy) is 1. The zero-order chi connectivity index (χ0) is 13.1. The van der Waals surface area contributed by atoms with Crippen LogP contribution >= 0.6 is 0 Å². The molecular weight excluding hydrogens is 216 g/mol. The minimum Gasteiger partial charge on any atom is -0.496 e. The number of amides is 1. The summed E-state index contributed by atoms with van der Waals surface area (Å²) in [5.41, 5.74) is 6.76. The normalized spacial score (nSPS) is 11.3. The van der Waals surface area contributed by atoms with Crippen molar-refractivity contribution in [2.75, 3.05) is 7.11 Å². The summed E-state index contributed by atoms with van der Waals surface area (Å²) in [7, 11) is 1.65. The summed E-state index contributed by atoms with van der Waals surface area (Å²) in [4.78, 5) is 11.1. The topological polar surface area (TPSA) is 64.3 Å². The highest BCUT2D eigenvalue weighted by atomic mass is 16.5. The van der Waals surface area contributed by atoms with E-state index in [0.29, 0.717) is 6.54 Å². The van der Waals surface area contributed by atoms with Gasteiger partial charge in [0, 0.05) is 6.54 Å². The van der Waals surface area contributed by atoms with Gasteiger partial charge in [-0.3, -0.25) is 10.1 Å². The van der Waals surface area contributed by atoms with Crippen LogP contribution in [0.15, 0.2) is 18.2 Å². The summed E-state index contributed by atoms with van der Waals surface area (Å²) >= 11 is 0. The van der Waals surface area contributed by atoms with Crippen molar-refractivity contribution >= 4 is 5.91 Å². The van der Waals surface area contributed by atoms with E-state index in [2.05, 4.69) is 5.32 Å². The number of aryl methyl sites for hydroxylation is 1. The number of hydrogen-bond acceptors (Lipinski definition) is 3. The highest BCUT2D eigenvalue weighted by molar-refractivity contribution is 5.83. The Kier molecular flexibility index (Phi) is 4.12. The Hall–Kier alpha value is -1.55. The largest absolute Gasteiger partial charge is 0.496 e. The van der Waals surface area contributed by atoms with Crippen molar-refractivity contribution in [3.05, 3.63) is 29.3 Å². The third-order valence-electron chi connectivity index (χ3n) is 2.81. The Bertz CT molecular complexity index is 414. The molecule has 4 heteroatoms. The van der Waals surface area contributed by atoms with E-state index in [0.717, 1.165) is 16.9 Å². The summed E-state index contributed by atoms with van der Waals surface area (Å²) < 4.78 is 5.19. The average Bonchev–Trinajstić information content (AvgIpc) is 2.26. The summed E-state index contributed by atoms with van der Waals surface area (Å²) in [6.45, 7) is 6.12. The van der Waals surface area contributed by atoms with E-state index in [1.807, 2.05) is 25.1 Å². The predicted octanol–water partition coefficient (Wildman–Crippen LogP) is 1.36. The van der Waals surface area contributed by atoms with E-state index in [9.17, 15) is 4.79 Å². The highest BCUT2D eigenvalue weighted by Gasteiger charge is 2.23. The molecule has 0 aliphatic heterocycles. The van der Waals surface area contributed by atoms with Crippen LogP contribution in [0.5, 0.6) is 5.75 Å². The first kappa shape index (κ1) is 13.5. The van der Waals surface area contributed by atoms with Crippen LogP contribution in [0.1, 0.15) is 25.0 Å². The van der Waals surface area contributed by atoms with Crippen molar-refractivity contribution in [1.29, 1.82) is 0 Å². The van der Waals surface area contributed by atoms with Gasteiger partial charge in [0.05, 0.1) is 12.6 Å². The summed E-state index contributed by atoms with van der Waals surface area (Å²) in [6, 6.07) is 5.92. The molecule has 0 atom stereocenters. The molecule has 0 aliphatic carbocycles. The number of primary amides is 1. The number of carbonyl (C=O) groups is 1. The van der Waals surface area contributed by atoms with E-state index >= 15 is 0 Å². The molecule has 0 unspecified atom stereocenters. The molecule has 17 heavy (non-hydrogen) atoms. The quantitative estimate of drug-likeness (QED) is 0.811. The average molecular weight is 236 g/mol. The van der Waals surface area contributed by atoms with Crippen molar-refractivity contribution in [2.24, 2.45) is 5.73 Å². The van der Waals surface area contributed by atoms with Gasteiger partial charge in [0.1, 0.15) is 5.75 Å². The number of hydrogen-bond donors (Lipinski definition) is 2. The Balaban J connectivity index is 2.71. The van der Waals surface area contributed by atoms with E-state index in [-0.39, 0.29) is 5.91 Å². The van der Waals surface area contributed by atoms with Gasteiger partial charge in [0.25, 0.3) is 0 Å². The molecule has 1 aromatic rings. The number of methoxy groups -OCH3 is 1. The molecule has 0 aliphatic rings. The van der Waals surface area contributed by atoms with E-state index in [1.54, 1.807) is 21.0 Å². The van der Waals surface area contributed by atoms with Crippen molar-refractivity contribution in [3.63, 3.8) is 0 Å². The molecular formula is C13H20N2O2. The highest BCUT2D eigenvalue weighted by Crippen LogP contribution is 2.18. The predicted molar refractivity (Wildman–Crippen MR) is 67.8 cm³/mol. The number of nitrogens with two attached hydrogens (primary N) is 1. The maximum absolute atomic E-state index is 11.1. The van der Waals surface area contributed by atoms with Crippen LogP contribution in [-0.2, 0) is 11.3 Å². The SMILES string of the molecule is COc1ccc(CNC(C)(C)C(N)=O)cc1C. The van der Waals surface area contributed by atoms with Crippen molar-refractivity contribution in [2.45, 2.75) is 32.9 Å². The van der Waals surface area contributed by atoms with Crippen LogP contribution in [0.4, 0.5) is 0 Å². The van der Waals surface area contributed by atoms with Crippen molar-refractivity contribution < 1.29 is 9.53 Å². The zero-order valence-electron chi connectivity index (χ0n) is 10.8. The van der Waals surface area contributed by atoms with E-state index in [1.165, 1.54) is 0 Å². The lowest BCUT2D eigenvalue weighted by Gasteiger charge is -2.22. The molecule has 4 nitrogen and oxygen atoms in total. The number of benzene rings is 1. The fourth-order valence-corrected chi connectivity index (χ4v) is 1.46. The van der Waals surface area contributed by atoms with Crippen molar-refractivity contribution in [3.8, 4) is 5.75 Å². The molecule has 1 rings (SSSR count). The molecule has 1 amide bonds. The Morgan fingerprint density at radius 1 is 1.47 bits per heavy atom. The molecule has 3 N–H and O–H groups in total. The van der Waals surface area contributed by atoms with Crippen LogP contribution in [0, 0.1) is 6.92 Å². The van der Waals surface area contributed by atoms with Gasteiger partial charge < -0.3 is 10.5 Å². The smallest absolute Gasteiger partial charge is 0.237 e. The number of rotatable bonds is 5. The van der Waals surface area contributed by atoms with Gasteiger partial charge in [-0.25, -0.2) is 0 Å². The first-order valence-corrected chi connectivity index (χ1v) is 5.55. The maximum Gasteiger partial charge on any atom is 0.237 e. The van der Waals surface area contributed by atoms with E-state index in [4.69, 9.17) is 10.5 Å². The Morgan fingerprint density at radius 3 is 2.59 bits per heavy atom. The minimum absolute atomic E-state index is 0.359. The maximum atomic E-state index is 11.1. The minimum atomic E-state index is -0.701. The molecule has 0 saturated carbocycles. The molecule has 1 aromatic carbocycles. The lowest BCUT2D eigenvalue weighted by Crippen LogP contribution is -2.50. The zero-order valence-corrected chi connectivity index (χ0v) is 10.8. The fraction of sp³-hybridized carbons (Fsp3) is 0.462. The number of carbonyl (C=O) groups excluding carboxylic acids is 1. The van der Waals surface area contributed by atoms with Gasteiger partial charge in [0.15, 0.2) is 0 Å². The molecule has 0 aromatic heterocycles. The van der Waals surface area contributed by atoms with Gasteiger partial charge in [0.2, 0.25) is 5.91 Å². The molecule has 0 radical (unpaired) electrons.